The molecule has 0 spiro atoms. The summed E-state index contributed by atoms with van der Waals surface area (Å²) < 4.78 is 5.29. The highest BCUT2D eigenvalue weighted by atomic mass is 16.5. The van der Waals surface area contributed by atoms with Gasteiger partial charge in [0.25, 0.3) is 0 Å². The van der Waals surface area contributed by atoms with Crippen molar-refractivity contribution in [2.75, 3.05) is 7.11 Å². The number of hydrogen-bond donors (Lipinski definition) is 2. The molecule has 94 valence electrons. The van der Waals surface area contributed by atoms with Gasteiger partial charge in [-0.1, -0.05) is 37.5 Å². The number of aliphatic hydroxyl groups excluding tert-OH is 1. The SMILES string of the molecule is COc1ccccc1C(O)C1(N)CCCCC1. The Bertz CT molecular complexity index is 372. The largest absolute Gasteiger partial charge is 0.496 e. The van der Waals surface area contributed by atoms with E-state index in [-0.39, 0.29) is 0 Å². The van der Waals surface area contributed by atoms with E-state index >= 15 is 0 Å². The minimum absolute atomic E-state index is 0.493. The normalized spacial score (nSPS) is 20.9. The van der Waals surface area contributed by atoms with Crippen LogP contribution in [0.4, 0.5) is 0 Å². The Morgan fingerprint density at radius 1 is 1.24 bits per heavy atom. The molecule has 1 unspecified atom stereocenters. The summed E-state index contributed by atoms with van der Waals surface area (Å²) in [5, 5.41) is 10.5. The smallest absolute Gasteiger partial charge is 0.124 e. The van der Waals surface area contributed by atoms with Crippen LogP contribution in [0.1, 0.15) is 43.8 Å². The summed E-state index contributed by atoms with van der Waals surface area (Å²) in [5.41, 5.74) is 6.66. The first kappa shape index (κ1) is 12.4. The van der Waals surface area contributed by atoms with E-state index in [1.54, 1.807) is 7.11 Å². The first-order valence-electron chi connectivity index (χ1n) is 6.27. The molecule has 1 aromatic rings. The third-order valence-electron chi connectivity index (χ3n) is 3.76. The molecule has 1 fully saturated rings. The number of ether oxygens (including phenoxy) is 1. The van der Waals surface area contributed by atoms with E-state index in [1.165, 1.54) is 6.42 Å². The Kier molecular flexibility index (Phi) is 3.69. The minimum Gasteiger partial charge on any atom is -0.496 e. The van der Waals surface area contributed by atoms with Gasteiger partial charge in [-0.15, -0.1) is 0 Å². The summed E-state index contributed by atoms with van der Waals surface area (Å²) in [6, 6.07) is 7.57. The molecule has 1 aliphatic carbocycles. The molecule has 0 amide bonds. The van der Waals surface area contributed by atoms with Crippen LogP contribution in [0.2, 0.25) is 0 Å². The number of para-hydroxylation sites is 1. The quantitative estimate of drug-likeness (QED) is 0.845. The van der Waals surface area contributed by atoms with E-state index in [9.17, 15) is 5.11 Å². The number of benzene rings is 1. The number of methoxy groups -OCH3 is 1. The number of nitrogens with two attached hydrogens (primary N) is 1. The van der Waals surface area contributed by atoms with Crippen molar-refractivity contribution in [2.45, 2.75) is 43.7 Å². The lowest BCUT2D eigenvalue weighted by Crippen LogP contribution is -2.47. The van der Waals surface area contributed by atoms with Gasteiger partial charge in [0.1, 0.15) is 11.9 Å². The number of hydrogen-bond acceptors (Lipinski definition) is 3. The highest BCUT2D eigenvalue weighted by molar-refractivity contribution is 5.36. The molecule has 1 atom stereocenters. The molecule has 0 bridgehead atoms. The van der Waals surface area contributed by atoms with Crippen molar-refractivity contribution in [2.24, 2.45) is 5.73 Å². The van der Waals surface area contributed by atoms with Crippen LogP contribution in [0, 0.1) is 0 Å². The van der Waals surface area contributed by atoms with Crippen LogP contribution >= 0.6 is 0 Å². The van der Waals surface area contributed by atoms with Crippen molar-refractivity contribution >= 4 is 0 Å². The molecular formula is C14H21NO2. The third-order valence-corrected chi connectivity index (χ3v) is 3.76. The van der Waals surface area contributed by atoms with Crippen molar-refractivity contribution in [1.29, 1.82) is 0 Å². The van der Waals surface area contributed by atoms with Gasteiger partial charge in [0, 0.05) is 11.1 Å². The highest BCUT2D eigenvalue weighted by Crippen LogP contribution is 2.39. The van der Waals surface area contributed by atoms with E-state index in [0.717, 1.165) is 37.0 Å². The van der Waals surface area contributed by atoms with Crippen LogP contribution in [0.25, 0.3) is 0 Å². The van der Waals surface area contributed by atoms with Crippen LogP contribution < -0.4 is 10.5 Å². The van der Waals surface area contributed by atoms with Crippen LogP contribution in [-0.4, -0.2) is 17.8 Å². The Balaban J connectivity index is 2.26. The van der Waals surface area contributed by atoms with E-state index in [2.05, 4.69) is 0 Å². The molecule has 3 heteroatoms. The maximum absolute atomic E-state index is 10.5. The molecule has 3 nitrogen and oxygen atoms in total. The lowest BCUT2D eigenvalue weighted by molar-refractivity contribution is 0.0567. The average molecular weight is 235 g/mol. The molecule has 0 heterocycles. The minimum atomic E-state index is -0.640. The lowest BCUT2D eigenvalue weighted by Gasteiger charge is -2.38. The molecule has 3 N–H and O–H groups in total. The topological polar surface area (TPSA) is 55.5 Å². The standard InChI is InChI=1S/C14H21NO2/c1-17-12-8-4-3-7-11(12)13(16)14(15)9-5-2-6-10-14/h3-4,7-8,13,16H,2,5-6,9-10,15H2,1H3. The number of aliphatic hydroxyl groups is 1. The zero-order valence-electron chi connectivity index (χ0n) is 10.4. The van der Waals surface area contributed by atoms with Crippen molar-refractivity contribution in [3.8, 4) is 5.75 Å². The molecule has 17 heavy (non-hydrogen) atoms. The van der Waals surface area contributed by atoms with Gasteiger partial charge in [-0.3, -0.25) is 0 Å². The summed E-state index contributed by atoms with van der Waals surface area (Å²) in [6.07, 6.45) is 4.54. The van der Waals surface area contributed by atoms with Crippen LogP contribution in [0.5, 0.6) is 5.75 Å². The van der Waals surface area contributed by atoms with Crippen molar-refractivity contribution < 1.29 is 9.84 Å². The third kappa shape index (κ3) is 2.45. The molecule has 1 saturated carbocycles. The van der Waals surface area contributed by atoms with Gasteiger partial charge >= 0.3 is 0 Å². The summed E-state index contributed by atoms with van der Waals surface area (Å²) in [4.78, 5) is 0. The van der Waals surface area contributed by atoms with E-state index in [1.807, 2.05) is 24.3 Å². The average Bonchev–Trinajstić information content (AvgIpc) is 2.38. The molecule has 0 aliphatic heterocycles. The summed E-state index contributed by atoms with van der Waals surface area (Å²) in [5.74, 6) is 0.718. The molecule has 1 aliphatic rings. The molecule has 0 aromatic heterocycles. The lowest BCUT2D eigenvalue weighted by atomic mass is 9.76. The van der Waals surface area contributed by atoms with Gasteiger partial charge < -0.3 is 15.6 Å². The van der Waals surface area contributed by atoms with E-state index < -0.39 is 11.6 Å². The second-order valence-corrected chi connectivity index (χ2v) is 4.94. The second kappa shape index (κ2) is 5.07. The predicted molar refractivity (Wildman–Crippen MR) is 68.0 cm³/mol. The van der Waals surface area contributed by atoms with Crippen molar-refractivity contribution in [3.63, 3.8) is 0 Å². The Labute approximate surface area is 103 Å². The Morgan fingerprint density at radius 2 is 1.88 bits per heavy atom. The van der Waals surface area contributed by atoms with E-state index in [0.29, 0.717) is 0 Å². The van der Waals surface area contributed by atoms with Gasteiger partial charge in [0.05, 0.1) is 7.11 Å². The van der Waals surface area contributed by atoms with Crippen LogP contribution in [0.3, 0.4) is 0 Å². The molecule has 0 saturated heterocycles. The fourth-order valence-electron chi connectivity index (χ4n) is 2.69. The zero-order valence-corrected chi connectivity index (χ0v) is 10.4. The fraction of sp³-hybridized carbons (Fsp3) is 0.571. The first-order valence-corrected chi connectivity index (χ1v) is 6.27. The monoisotopic (exact) mass is 235 g/mol. The predicted octanol–water partition coefficient (Wildman–Crippen LogP) is 2.39. The summed E-state index contributed by atoms with van der Waals surface area (Å²) in [7, 11) is 1.62. The van der Waals surface area contributed by atoms with Gasteiger partial charge in [0.2, 0.25) is 0 Å². The highest BCUT2D eigenvalue weighted by Gasteiger charge is 2.37. The second-order valence-electron chi connectivity index (χ2n) is 4.94. The molecule has 1 aromatic carbocycles. The van der Waals surface area contributed by atoms with Crippen molar-refractivity contribution in [3.05, 3.63) is 29.8 Å². The molecule has 2 rings (SSSR count). The van der Waals surface area contributed by atoms with Crippen molar-refractivity contribution in [1.82, 2.24) is 0 Å². The van der Waals surface area contributed by atoms with Crippen LogP contribution in [-0.2, 0) is 0 Å². The maximum Gasteiger partial charge on any atom is 0.124 e. The van der Waals surface area contributed by atoms with Crippen LogP contribution in [0.15, 0.2) is 24.3 Å². The fourth-order valence-corrected chi connectivity index (χ4v) is 2.69. The Hall–Kier alpha value is -1.06. The first-order chi connectivity index (χ1) is 8.17. The zero-order chi connectivity index (χ0) is 12.3. The summed E-state index contributed by atoms with van der Waals surface area (Å²) >= 11 is 0. The molecule has 0 radical (unpaired) electrons. The van der Waals surface area contributed by atoms with E-state index in [4.69, 9.17) is 10.5 Å². The van der Waals surface area contributed by atoms with Gasteiger partial charge in [-0.25, -0.2) is 0 Å². The summed E-state index contributed by atoms with van der Waals surface area (Å²) in [6.45, 7) is 0. The van der Waals surface area contributed by atoms with Gasteiger partial charge in [0.15, 0.2) is 0 Å². The maximum atomic E-state index is 10.5. The molecular weight excluding hydrogens is 214 g/mol. The van der Waals surface area contributed by atoms with Gasteiger partial charge in [-0.2, -0.15) is 0 Å². The number of rotatable bonds is 3. The van der Waals surface area contributed by atoms with Gasteiger partial charge in [-0.05, 0) is 18.9 Å². The Morgan fingerprint density at radius 3 is 2.53 bits per heavy atom.